The zero-order chi connectivity index (χ0) is 10.2. The molecule has 2 fully saturated rings. The molecule has 14 heavy (non-hydrogen) atoms. The van der Waals surface area contributed by atoms with Crippen LogP contribution in [0.1, 0.15) is 26.7 Å². The first kappa shape index (κ1) is 10.4. The van der Waals surface area contributed by atoms with E-state index in [1.165, 1.54) is 19.4 Å². The second kappa shape index (κ2) is 3.80. The van der Waals surface area contributed by atoms with Crippen LogP contribution >= 0.6 is 0 Å². The van der Waals surface area contributed by atoms with Gasteiger partial charge in [0.25, 0.3) is 0 Å². The first-order chi connectivity index (χ1) is 6.58. The second-order valence-electron chi connectivity index (χ2n) is 5.47. The quantitative estimate of drug-likeness (QED) is 0.681. The Morgan fingerprint density at radius 1 is 1.43 bits per heavy atom. The highest BCUT2D eigenvalue weighted by atomic mass is 16.5. The molecule has 0 aromatic carbocycles. The molecule has 2 rings (SSSR count). The Kier molecular flexibility index (Phi) is 2.82. The van der Waals surface area contributed by atoms with E-state index in [2.05, 4.69) is 31.1 Å². The van der Waals surface area contributed by atoms with Crippen LogP contribution in [0, 0.1) is 5.41 Å². The van der Waals surface area contributed by atoms with E-state index in [0.717, 1.165) is 13.2 Å². The van der Waals surface area contributed by atoms with Gasteiger partial charge in [-0.15, -0.1) is 0 Å². The number of likely N-dealkylation sites (tertiary alicyclic amines) is 1. The highest BCUT2D eigenvalue weighted by Crippen LogP contribution is 2.25. The molecule has 3 nitrogen and oxygen atoms in total. The van der Waals surface area contributed by atoms with Gasteiger partial charge in [0, 0.05) is 18.0 Å². The van der Waals surface area contributed by atoms with E-state index < -0.39 is 0 Å². The third-order valence-electron chi connectivity index (χ3n) is 3.36. The third kappa shape index (κ3) is 2.10. The van der Waals surface area contributed by atoms with Crippen LogP contribution in [0.4, 0.5) is 0 Å². The van der Waals surface area contributed by atoms with Gasteiger partial charge in [0.2, 0.25) is 0 Å². The molecule has 1 N–H and O–H groups in total. The number of hydrogen-bond acceptors (Lipinski definition) is 3. The van der Waals surface area contributed by atoms with Gasteiger partial charge in [-0.25, -0.2) is 0 Å². The molecule has 2 atom stereocenters. The molecule has 0 aliphatic carbocycles. The van der Waals surface area contributed by atoms with Crippen molar-refractivity contribution in [2.24, 2.45) is 5.41 Å². The van der Waals surface area contributed by atoms with Gasteiger partial charge in [-0.3, -0.25) is 10.2 Å². The maximum atomic E-state index is 5.89. The van der Waals surface area contributed by atoms with Crippen LogP contribution in [0.3, 0.4) is 0 Å². The predicted octanol–water partition coefficient (Wildman–Crippen LogP) is 1.05. The summed E-state index contributed by atoms with van der Waals surface area (Å²) in [6.45, 7) is 7.66. The predicted molar refractivity (Wildman–Crippen MR) is 57.2 cm³/mol. The number of hydrogen-bond donors (Lipinski definition) is 1. The lowest BCUT2D eigenvalue weighted by Gasteiger charge is -2.39. The first-order valence-electron chi connectivity index (χ1n) is 5.64. The van der Waals surface area contributed by atoms with Gasteiger partial charge >= 0.3 is 0 Å². The molecule has 2 heterocycles. The highest BCUT2D eigenvalue weighted by Gasteiger charge is 2.35. The van der Waals surface area contributed by atoms with Gasteiger partial charge in [0.15, 0.2) is 0 Å². The van der Waals surface area contributed by atoms with E-state index in [0.29, 0.717) is 11.5 Å². The van der Waals surface area contributed by atoms with Crippen LogP contribution in [0.2, 0.25) is 0 Å². The van der Waals surface area contributed by atoms with Gasteiger partial charge in [0.1, 0.15) is 6.23 Å². The molecule has 2 aliphatic heterocycles. The highest BCUT2D eigenvalue weighted by molar-refractivity contribution is 4.87. The SMILES string of the molecule is CN1CCCC1C1NCC(C)(C)CO1. The van der Waals surface area contributed by atoms with Crippen molar-refractivity contribution in [1.29, 1.82) is 0 Å². The molecule has 0 spiro atoms. The Balaban J connectivity index is 1.89. The van der Waals surface area contributed by atoms with Crippen molar-refractivity contribution in [3.05, 3.63) is 0 Å². The normalized spacial score (nSPS) is 38.8. The molecule has 0 bridgehead atoms. The Labute approximate surface area is 86.8 Å². The number of nitrogens with zero attached hydrogens (tertiary/aromatic N) is 1. The van der Waals surface area contributed by atoms with Gasteiger partial charge < -0.3 is 4.74 Å². The van der Waals surface area contributed by atoms with Crippen LogP contribution in [-0.4, -0.2) is 43.9 Å². The number of rotatable bonds is 1. The van der Waals surface area contributed by atoms with Gasteiger partial charge in [0.05, 0.1) is 6.61 Å². The van der Waals surface area contributed by atoms with Crippen molar-refractivity contribution >= 4 is 0 Å². The molecule has 0 aromatic heterocycles. The maximum Gasteiger partial charge on any atom is 0.123 e. The Bertz CT molecular complexity index is 195. The molecule has 0 amide bonds. The van der Waals surface area contributed by atoms with Crippen molar-refractivity contribution < 1.29 is 4.74 Å². The lowest BCUT2D eigenvalue weighted by molar-refractivity contribution is -0.0865. The van der Waals surface area contributed by atoms with Crippen LogP contribution in [0.25, 0.3) is 0 Å². The largest absolute Gasteiger partial charge is 0.361 e. The standard InChI is InChI=1S/C11H22N2O/c1-11(2)7-12-10(14-8-11)9-5-4-6-13(9)3/h9-10,12H,4-8H2,1-3H3. The van der Waals surface area contributed by atoms with E-state index in [9.17, 15) is 0 Å². The molecular formula is C11H22N2O. The Morgan fingerprint density at radius 3 is 2.71 bits per heavy atom. The summed E-state index contributed by atoms with van der Waals surface area (Å²) in [5.41, 5.74) is 0.299. The van der Waals surface area contributed by atoms with Crippen molar-refractivity contribution in [3.8, 4) is 0 Å². The molecule has 0 aromatic rings. The lowest BCUT2D eigenvalue weighted by Crippen LogP contribution is -2.55. The first-order valence-corrected chi connectivity index (χ1v) is 5.64. The monoisotopic (exact) mass is 198 g/mol. The fourth-order valence-corrected chi connectivity index (χ4v) is 2.37. The van der Waals surface area contributed by atoms with E-state index in [4.69, 9.17) is 4.74 Å². The molecule has 2 saturated heterocycles. The molecular weight excluding hydrogens is 176 g/mol. The molecule has 3 heteroatoms. The lowest BCUT2D eigenvalue weighted by atomic mass is 9.93. The summed E-state index contributed by atoms with van der Waals surface area (Å²) < 4.78 is 5.89. The smallest absolute Gasteiger partial charge is 0.123 e. The number of nitrogens with one attached hydrogen (secondary N) is 1. The zero-order valence-electron chi connectivity index (χ0n) is 9.55. The third-order valence-corrected chi connectivity index (χ3v) is 3.36. The van der Waals surface area contributed by atoms with Crippen molar-refractivity contribution in [2.45, 2.75) is 39.0 Å². The zero-order valence-corrected chi connectivity index (χ0v) is 9.55. The van der Waals surface area contributed by atoms with Crippen LogP contribution in [0.15, 0.2) is 0 Å². The van der Waals surface area contributed by atoms with E-state index in [-0.39, 0.29) is 6.23 Å². The summed E-state index contributed by atoms with van der Waals surface area (Å²) in [4.78, 5) is 2.41. The summed E-state index contributed by atoms with van der Waals surface area (Å²) in [6.07, 6.45) is 2.84. The van der Waals surface area contributed by atoms with Crippen molar-refractivity contribution in [2.75, 3.05) is 26.7 Å². The van der Waals surface area contributed by atoms with E-state index in [1.807, 2.05) is 0 Å². The molecule has 0 saturated carbocycles. The minimum absolute atomic E-state index is 0.260. The second-order valence-corrected chi connectivity index (χ2v) is 5.47. The van der Waals surface area contributed by atoms with Gasteiger partial charge in [-0.05, 0) is 26.4 Å². The van der Waals surface area contributed by atoms with E-state index >= 15 is 0 Å². The van der Waals surface area contributed by atoms with Crippen LogP contribution in [0.5, 0.6) is 0 Å². The molecule has 82 valence electrons. The minimum atomic E-state index is 0.260. The van der Waals surface area contributed by atoms with Crippen LogP contribution < -0.4 is 5.32 Å². The van der Waals surface area contributed by atoms with Gasteiger partial charge in [-0.1, -0.05) is 13.8 Å². The molecule has 0 radical (unpaired) electrons. The van der Waals surface area contributed by atoms with Gasteiger partial charge in [-0.2, -0.15) is 0 Å². The summed E-state index contributed by atoms with van der Waals surface area (Å²) in [6, 6.07) is 0.589. The van der Waals surface area contributed by atoms with E-state index in [1.54, 1.807) is 0 Å². The van der Waals surface area contributed by atoms with Crippen molar-refractivity contribution in [3.63, 3.8) is 0 Å². The summed E-state index contributed by atoms with van der Waals surface area (Å²) in [7, 11) is 2.20. The fourth-order valence-electron chi connectivity index (χ4n) is 2.37. The number of ether oxygens (including phenoxy) is 1. The van der Waals surface area contributed by atoms with Crippen molar-refractivity contribution in [1.82, 2.24) is 10.2 Å². The summed E-state index contributed by atoms with van der Waals surface area (Å²) in [5, 5.41) is 3.52. The molecule has 2 aliphatic rings. The topological polar surface area (TPSA) is 24.5 Å². The maximum absolute atomic E-state index is 5.89. The molecule has 2 unspecified atom stereocenters. The average Bonchev–Trinajstić information content (AvgIpc) is 2.52. The van der Waals surface area contributed by atoms with Crippen LogP contribution in [-0.2, 0) is 4.74 Å². The summed E-state index contributed by atoms with van der Waals surface area (Å²) >= 11 is 0. The summed E-state index contributed by atoms with van der Waals surface area (Å²) in [5.74, 6) is 0. The Hall–Kier alpha value is -0.120. The number of likely N-dealkylation sites (N-methyl/N-ethyl adjacent to an activating group) is 1. The average molecular weight is 198 g/mol. The Morgan fingerprint density at radius 2 is 2.21 bits per heavy atom. The minimum Gasteiger partial charge on any atom is -0.361 e. The fraction of sp³-hybridized carbons (Fsp3) is 1.00.